The molecule has 1 amide bonds. The summed E-state index contributed by atoms with van der Waals surface area (Å²) in [6, 6.07) is 0.710. The van der Waals surface area contributed by atoms with E-state index in [1.807, 2.05) is 0 Å². The lowest BCUT2D eigenvalue weighted by Crippen LogP contribution is -2.53. The summed E-state index contributed by atoms with van der Waals surface area (Å²) in [6.07, 6.45) is 5.17. The number of nitrogens with zero attached hydrogens (tertiary/aromatic N) is 2. The molecule has 2 aliphatic heterocycles. The minimum Gasteiger partial charge on any atom is -0.342 e. The van der Waals surface area contributed by atoms with E-state index in [1.165, 1.54) is 19.4 Å². The van der Waals surface area contributed by atoms with Crippen molar-refractivity contribution in [3.05, 3.63) is 0 Å². The fourth-order valence-electron chi connectivity index (χ4n) is 3.29. The van der Waals surface area contributed by atoms with Crippen LogP contribution in [0.3, 0.4) is 0 Å². The highest BCUT2D eigenvalue weighted by atomic mass is 16.2. The number of hydrogen-bond acceptors (Lipinski definition) is 3. The Morgan fingerprint density at radius 1 is 1.35 bits per heavy atom. The van der Waals surface area contributed by atoms with E-state index in [2.05, 4.69) is 16.8 Å². The van der Waals surface area contributed by atoms with Gasteiger partial charge in [-0.1, -0.05) is 0 Å². The van der Waals surface area contributed by atoms with Gasteiger partial charge in [-0.2, -0.15) is 0 Å². The average molecular weight is 239 g/mol. The van der Waals surface area contributed by atoms with Gasteiger partial charge in [0.25, 0.3) is 0 Å². The summed E-state index contributed by atoms with van der Waals surface area (Å²) in [5.74, 6) is 1.01. The summed E-state index contributed by atoms with van der Waals surface area (Å²) < 4.78 is 0. The van der Waals surface area contributed by atoms with E-state index >= 15 is 0 Å². The minimum atomic E-state index is 0.308. The Hall–Kier alpha value is -0.610. The highest BCUT2D eigenvalue weighted by molar-refractivity contribution is 5.76. The zero-order chi connectivity index (χ0) is 12.3. The van der Waals surface area contributed by atoms with E-state index in [1.54, 1.807) is 0 Å². The Morgan fingerprint density at radius 3 is 2.94 bits per heavy atom. The van der Waals surface area contributed by atoms with Gasteiger partial charge in [-0.3, -0.25) is 4.79 Å². The van der Waals surface area contributed by atoms with E-state index < -0.39 is 0 Å². The van der Waals surface area contributed by atoms with E-state index in [9.17, 15) is 4.79 Å². The molecule has 2 atom stereocenters. The summed E-state index contributed by atoms with van der Waals surface area (Å²) in [5.41, 5.74) is 5.45. The maximum absolute atomic E-state index is 12.0. The second kappa shape index (κ2) is 5.83. The van der Waals surface area contributed by atoms with Gasteiger partial charge in [0.2, 0.25) is 5.91 Å². The third kappa shape index (κ3) is 2.99. The van der Waals surface area contributed by atoms with Crippen LogP contribution in [-0.4, -0.2) is 55.0 Å². The second-order valence-electron chi connectivity index (χ2n) is 5.47. The summed E-state index contributed by atoms with van der Waals surface area (Å²) in [6.45, 7) is 3.75. The molecule has 0 aromatic heterocycles. The number of hydrogen-bond donors (Lipinski definition) is 1. The first-order chi connectivity index (χ1) is 8.22. The van der Waals surface area contributed by atoms with Crippen LogP contribution in [0.4, 0.5) is 0 Å². The summed E-state index contributed by atoms with van der Waals surface area (Å²) in [4.78, 5) is 16.5. The lowest BCUT2D eigenvalue weighted by Gasteiger charge is -2.46. The van der Waals surface area contributed by atoms with Crippen molar-refractivity contribution in [3.8, 4) is 0 Å². The SMILES string of the molecule is CN1CCCC2CN(C(=O)CCCN)CCC21. The lowest BCUT2D eigenvalue weighted by molar-refractivity contribution is -0.134. The predicted molar refractivity (Wildman–Crippen MR) is 68.6 cm³/mol. The van der Waals surface area contributed by atoms with Crippen molar-refractivity contribution >= 4 is 5.91 Å². The van der Waals surface area contributed by atoms with Gasteiger partial charge in [0.15, 0.2) is 0 Å². The first-order valence-corrected chi connectivity index (χ1v) is 6.90. The summed E-state index contributed by atoms with van der Waals surface area (Å²) in [5, 5.41) is 0. The molecule has 17 heavy (non-hydrogen) atoms. The van der Waals surface area contributed by atoms with E-state index in [0.717, 1.165) is 25.9 Å². The first kappa shape index (κ1) is 12.8. The zero-order valence-electron chi connectivity index (χ0n) is 10.9. The quantitative estimate of drug-likeness (QED) is 0.787. The second-order valence-corrected chi connectivity index (χ2v) is 5.47. The van der Waals surface area contributed by atoms with Crippen molar-refractivity contribution in [1.82, 2.24) is 9.80 Å². The molecule has 0 bridgehead atoms. The lowest BCUT2D eigenvalue weighted by atomic mass is 9.84. The van der Waals surface area contributed by atoms with E-state index in [-0.39, 0.29) is 0 Å². The maximum atomic E-state index is 12.0. The monoisotopic (exact) mass is 239 g/mol. The molecule has 0 aromatic carbocycles. The molecule has 0 aliphatic carbocycles. The van der Waals surface area contributed by atoms with Crippen LogP contribution in [0.15, 0.2) is 0 Å². The smallest absolute Gasteiger partial charge is 0.222 e. The molecule has 2 fully saturated rings. The number of likely N-dealkylation sites (tertiary alicyclic amines) is 2. The third-order valence-electron chi connectivity index (χ3n) is 4.29. The van der Waals surface area contributed by atoms with E-state index in [4.69, 9.17) is 5.73 Å². The predicted octanol–water partition coefficient (Wildman–Crippen LogP) is 0.668. The molecule has 2 saturated heterocycles. The van der Waals surface area contributed by atoms with Gasteiger partial charge >= 0.3 is 0 Å². The third-order valence-corrected chi connectivity index (χ3v) is 4.29. The Morgan fingerprint density at radius 2 is 2.18 bits per heavy atom. The van der Waals surface area contributed by atoms with Gasteiger partial charge in [-0.15, -0.1) is 0 Å². The number of amides is 1. The molecule has 2 N–H and O–H groups in total. The van der Waals surface area contributed by atoms with Crippen LogP contribution in [0.5, 0.6) is 0 Å². The molecular weight excluding hydrogens is 214 g/mol. The van der Waals surface area contributed by atoms with Crippen molar-refractivity contribution in [2.24, 2.45) is 11.7 Å². The van der Waals surface area contributed by atoms with Crippen LogP contribution >= 0.6 is 0 Å². The fourth-order valence-corrected chi connectivity index (χ4v) is 3.29. The molecule has 4 nitrogen and oxygen atoms in total. The molecule has 0 radical (unpaired) electrons. The Kier molecular flexibility index (Phi) is 4.40. The van der Waals surface area contributed by atoms with Crippen molar-refractivity contribution in [2.75, 3.05) is 33.2 Å². The van der Waals surface area contributed by atoms with Gasteiger partial charge in [0.1, 0.15) is 0 Å². The molecule has 2 rings (SSSR count). The number of carbonyl (C=O) groups is 1. The Bertz CT molecular complexity index is 269. The fraction of sp³-hybridized carbons (Fsp3) is 0.923. The average Bonchev–Trinajstić information content (AvgIpc) is 2.36. The molecule has 2 aliphatic rings. The van der Waals surface area contributed by atoms with Crippen LogP contribution in [0.1, 0.15) is 32.1 Å². The van der Waals surface area contributed by atoms with Crippen molar-refractivity contribution < 1.29 is 4.79 Å². The van der Waals surface area contributed by atoms with Gasteiger partial charge in [-0.05, 0) is 51.7 Å². The van der Waals surface area contributed by atoms with Crippen LogP contribution < -0.4 is 5.73 Å². The number of piperidine rings is 2. The zero-order valence-corrected chi connectivity index (χ0v) is 10.9. The van der Waals surface area contributed by atoms with Crippen LogP contribution in [0.2, 0.25) is 0 Å². The van der Waals surface area contributed by atoms with Gasteiger partial charge in [0, 0.05) is 25.6 Å². The summed E-state index contributed by atoms with van der Waals surface area (Å²) in [7, 11) is 2.22. The van der Waals surface area contributed by atoms with Gasteiger partial charge in [-0.25, -0.2) is 0 Å². The van der Waals surface area contributed by atoms with Crippen molar-refractivity contribution in [2.45, 2.75) is 38.1 Å². The molecule has 2 unspecified atom stereocenters. The molecule has 2 heterocycles. The standard InChI is InChI=1S/C13H25N3O/c1-15-8-3-4-11-10-16(9-6-12(11)15)13(17)5-2-7-14/h11-12H,2-10,14H2,1H3. The van der Waals surface area contributed by atoms with Crippen LogP contribution in [-0.2, 0) is 4.79 Å². The molecule has 0 aromatic rings. The summed E-state index contributed by atoms with van der Waals surface area (Å²) >= 11 is 0. The molecule has 0 spiro atoms. The molecular formula is C13H25N3O. The Balaban J connectivity index is 1.86. The number of nitrogens with two attached hydrogens (primary N) is 1. The van der Waals surface area contributed by atoms with Crippen molar-refractivity contribution in [1.29, 1.82) is 0 Å². The minimum absolute atomic E-state index is 0.308. The molecule has 0 saturated carbocycles. The van der Waals surface area contributed by atoms with Crippen LogP contribution in [0, 0.1) is 5.92 Å². The Labute approximate surface area is 104 Å². The normalized spacial score (nSPS) is 30.1. The largest absolute Gasteiger partial charge is 0.342 e. The molecule has 98 valence electrons. The van der Waals surface area contributed by atoms with Gasteiger partial charge < -0.3 is 15.5 Å². The maximum Gasteiger partial charge on any atom is 0.222 e. The number of carbonyl (C=O) groups excluding carboxylic acids is 1. The van der Waals surface area contributed by atoms with Crippen molar-refractivity contribution in [3.63, 3.8) is 0 Å². The number of rotatable bonds is 3. The van der Waals surface area contributed by atoms with E-state index in [0.29, 0.717) is 30.8 Å². The number of fused-ring (bicyclic) bond motifs is 1. The highest BCUT2D eigenvalue weighted by Gasteiger charge is 2.35. The molecule has 4 heteroatoms. The highest BCUT2D eigenvalue weighted by Crippen LogP contribution is 2.29. The topological polar surface area (TPSA) is 49.6 Å². The first-order valence-electron chi connectivity index (χ1n) is 6.90. The van der Waals surface area contributed by atoms with Gasteiger partial charge in [0.05, 0.1) is 0 Å². The van der Waals surface area contributed by atoms with Crippen LogP contribution in [0.25, 0.3) is 0 Å².